The first-order valence-electron chi connectivity index (χ1n) is 9.78. The third-order valence-electron chi connectivity index (χ3n) is 4.57. The van der Waals surface area contributed by atoms with Gasteiger partial charge in [0.05, 0.1) is 13.0 Å². The fourth-order valence-corrected chi connectivity index (χ4v) is 3.15. The number of ether oxygens (including phenoxy) is 1. The number of piperazine rings is 1. The number of esters is 1. The van der Waals surface area contributed by atoms with Gasteiger partial charge in [0.1, 0.15) is 6.04 Å². The highest BCUT2D eigenvalue weighted by Crippen LogP contribution is 2.15. The van der Waals surface area contributed by atoms with E-state index in [-0.39, 0.29) is 30.0 Å². The zero-order valence-corrected chi connectivity index (χ0v) is 18.0. The Balaban J connectivity index is 1.86. The third kappa shape index (κ3) is 7.12. The van der Waals surface area contributed by atoms with E-state index in [0.717, 1.165) is 6.42 Å². The Labute approximate surface area is 177 Å². The van der Waals surface area contributed by atoms with Crippen molar-refractivity contribution in [1.82, 2.24) is 15.5 Å². The molecule has 0 saturated carbocycles. The molecule has 1 atom stereocenters. The summed E-state index contributed by atoms with van der Waals surface area (Å²) in [7, 11) is 0. The molecule has 1 heterocycles. The van der Waals surface area contributed by atoms with Crippen molar-refractivity contribution in [1.29, 1.82) is 0 Å². The summed E-state index contributed by atoms with van der Waals surface area (Å²) in [5.41, 5.74) is 0.566. The molecule has 29 heavy (non-hydrogen) atoms. The summed E-state index contributed by atoms with van der Waals surface area (Å²) in [4.78, 5) is 38.4. The van der Waals surface area contributed by atoms with E-state index in [2.05, 4.69) is 10.6 Å². The average molecular weight is 420 g/mol. The molecular weight excluding hydrogens is 390 g/mol. The van der Waals surface area contributed by atoms with Crippen LogP contribution in [0.4, 0.5) is 0 Å². The van der Waals surface area contributed by atoms with E-state index < -0.39 is 17.4 Å². The highest BCUT2D eigenvalue weighted by molar-refractivity contribution is 7.80. The van der Waals surface area contributed by atoms with Gasteiger partial charge < -0.3 is 20.3 Å². The molecule has 8 heteroatoms. The third-order valence-corrected chi connectivity index (χ3v) is 4.91. The number of aryl methyl sites for hydroxylation is 1. The summed E-state index contributed by atoms with van der Waals surface area (Å²) in [6.07, 6.45) is 1.40. The van der Waals surface area contributed by atoms with Crippen LogP contribution in [0.1, 0.15) is 39.2 Å². The second-order valence-corrected chi connectivity index (χ2v) is 8.41. The largest absolute Gasteiger partial charge is 0.466 e. The first-order chi connectivity index (χ1) is 13.7. The van der Waals surface area contributed by atoms with Crippen LogP contribution in [0.3, 0.4) is 0 Å². The number of carbonyl (C=O) groups excluding carboxylic acids is 3. The van der Waals surface area contributed by atoms with Gasteiger partial charge in [-0.15, -0.1) is 0 Å². The molecule has 158 valence electrons. The number of nitrogens with one attached hydrogen (secondary N) is 2. The van der Waals surface area contributed by atoms with Gasteiger partial charge in [-0.2, -0.15) is 0 Å². The Kier molecular flexibility index (Phi) is 8.13. The lowest BCUT2D eigenvalue weighted by atomic mass is 9.96. The average Bonchev–Trinajstić information content (AvgIpc) is 2.67. The summed E-state index contributed by atoms with van der Waals surface area (Å²) in [5.74, 6) is -1.00. The summed E-state index contributed by atoms with van der Waals surface area (Å²) in [6.45, 7) is 6.43. The zero-order chi connectivity index (χ0) is 21.4. The minimum atomic E-state index is -0.793. The standard InChI is InChI=1S/C21H29N3O4S/c1-21(2,3)19(27)23-20(29)24-12-11-22-18(26)16(24)14-17(25)28-13-7-10-15-8-5-4-6-9-15/h4-6,8-9,16H,7,10-14H2,1-3H3,(H,22,26)(H,23,27,29). The normalized spacial score (nSPS) is 16.7. The van der Waals surface area contributed by atoms with Crippen molar-refractivity contribution < 1.29 is 19.1 Å². The smallest absolute Gasteiger partial charge is 0.308 e. The molecule has 7 nitrogen and oxygen atoms in total. The monoisotopic (exact) mass is 419 g/mol. The quantitative estimate of drug-likeness (QED) is 0.415. The molecule has 0 aliphatic carbocycles. The van der Waals surface area contributed by atoms with Gasteiger partial charge in [0.25, 0.3) is 0 Å². The summed E-state index contributed by atoms with van der Waals surface area (Å²) in [6, 6.07) is 9.16. The minimum absolute atomic E-state index is 0.122. The van der Waals surface area contributed by atoms with Gasteiger partial charge in [0.2, 0.25) is 11.8 Å². The van der Waals surface area contributed by atoms with Gasteiger partial charge >= 0.3 is 5.97 Å². The van der Waals surface area contributed by atoms with Crippen molar-refractivity contribution in [3.63, 3.8) is 0 Å². The maximum Gasteiger partial charge on any atom is 0.308 e. The Hall–Kier alpha value is -2.48. The van der Waals surface area contributed by atoms with Crippen molar-refractivity contribution in [2.45, 2.75) is 46.1 Å². The summed E-state index contributed by atoms with van der Waals surface area (Å²) < 4.78 is 5.30. The van der Waals surface area contributed by atoms with Crippen LogP contribution in [-0.4, -0.2) is 53.5 Å². The number of nitrogens with zero attached hydrogens (tertiary/aromatic N) is 1. The lowest BCUT2D eigenvalue weighted by Crippen LogP contribution is -2.61. The van der Waals surface area contributed by atoms with Crippen LogP contribution in [0.2, 0.25) is 0 Å². The first-order valence-corrected chi connectivity index (χ1v) is 10.2. The van der Waals surface area contributed by atoms with E-state index in [9.17, 15) is 14.4 Å². The van der Waals surface area contributed by atoms with Crippen LogP contribution in [0.5, 0.6) is 0 Å². The number of rotatable bonds is 6. The number of amides is 2. The van der Waals surface area contributed by atoms with Gasteiger partial charge in [-0.25, -0.2) is 0 Å². The first kappa shape index (κ1) is 22.8. The maximum absolute atomic E-state index is 12.3. The van der Waals surface area contributed by atoms with Gasteiger partial charge in [0, 0.05) is 18.5 Å². The van der Waals surface area contributed by atoms with Crippen LogP contribution in [0.15, 0.2) is 30.3 Å². The molecule has 1 aromatic carbocycles. The SMILES string of the molecule is CC(C)(C)C(=O)NC(=S)N1CCNC(=O)C1CC(=O)OCCCc1ccccc1. The highest BCUT2D eigenvalue weighted by atomic mass is 32.1. The van der Waals surface area contributed by atoms with Gasteiger partial charge in [-0.05, 0) is 30.6 Å². The van der Waals surface area contributed by atoms with E-state index in [1.807, 2.05) is 30.3 Å². The van der Waals surface area contributed by atoms with Gasteiger partial charge in [0.15, 0.2) is 5.11 Å². The van der Waals surface area contributed by atoms with Crippen LogP contribution in [0, 0.1) is 5.41 Å². The van der Waals surface area contributed by atoms with Crippen LogP contribution in [-0.2, 0) is 25.5 Å². The van der Waals surface area contributed by atoms with E-state index in [4.69, 9.17) is 17.0 Å². The number of benzene rings is 1. The predicted octanol–water partition coefficient (Wildman–Crippen LogP) is 1.80. The highest BCUT2D eigenvalue weighted by Gasteiger charge is 2.35. The topological polar surface area (TPSA) is 87.7 Å². The number of carbonyl (C=O) groups is 3. The molecule has 1 aliphatic rings. The molecular formula is C21H29N3O4S. The molecule has 2 rings (SSSR count). The molecule has 1 fully saturated rings. The second kappa shape index (κ2) is 10.3. The lowest BCUT2D eigenvalue weighted by molar-refractivity contribution is -0.147. The van der Waals surface area contributed by atoms with Crippen molar-refractivity contribution >= 4 is 35.1 Å². The van der Waals surface area contributed by atoms with Crippen molar-refractivity contribution in [2.75, 3.05) is 19.7 Å². The Morgan fingerprint density at radius 2 is 1.97 bits per heavy atom. The Bertz CT molecular complexity index is 746. The van der Waals surface area contributed by atoms with Gasteiger partial charge in [-0.3, -0.25) is 14.4 Å². The Morgan fingerprint density at radius 1 is 1.28 bits per heavy atom. The zero-order valence-electron chi connectivity index (χ0n) is 17.2. The molecule has 1 aromatic rings. The maximum atomic E-state index is 12.3. The summed E-state index contributed by atoms with van der Waals surface area (Å²) in [5, 5.41) is 5.56. The van der Waals surface area contributed by atoms with E-state index in [1.54, 1.807) is 25.7 Å². The fourth-order valence-electron chi connectivity index (χ4n) is 2.84. The van der Waals surface area contributed by atoms with E-state index in [1.165, 1.54) is 5.56 Å². The number of thiocarbonyl (C=S) groups is 1. The lowest BCUT2D eigenvalue weighted by Gasteiger charge is -2.36. The molecule has 1 aliphatic heterocycles. The molecule has 2 amide bonds. The minimum Gasteiger partial charge on any atom is -0.466 e. The molecule has 0 spiro atoms. The molecule has 2 N–H and O–H groups in total. The van der Waals surface area contributed by atoms with Gasteiger partial charge in [-0.1, -0.05) is 51.1 Å². The molecule has 0 bridgehead atoms. The molecule has 1 saturated heterocycles. The predicted molar refractivity (Wildman–Crippen MR) is 114 cm³/mol. The van der Waals surface area contributed by atoms with Crippen LogP contribution in [0.25, 0.3) is 0 Å². The summed E-state index contributed by atoms with van der Waals surface area (Å²) >= 11 is 5.32. The van der Waals surface area contributed by atoms with E-state index >= 15 is 0 Å². The van der Waals surface area contributed by atoms with Crippen molar-refractivity contribution in [3.8, 4) is 0 Å². The number of hydrogen-bond acceptors (Lipinski definition) is 5. The molecule has 1 unspecified atom stereocenters. The van der Waals surface area contributed by atoms with Crippen LogP contribution >= 0.6 is 12.2 Å². The second-order valence-electron chi connectivity index (χ2n) is 8.02. The van der Waals surface area contributed by atoms with E-state index in [0.29, 0.717) is 19.5 Å². The fraction of sp³-hybridized carbons (Fsp3) is 0.524. The number of hydrogen-bond donors (Lipinski definition) is 2. The van der Waals surface area contributed by atoms with Crippen molar-refractivity contribution in [3.05, 3.63) is 35.9 Å². The van der Waals surface area contributed by atoms with Crippen LogP contribution < -0.4 is 10.6 Å². The Morgan fingerprint density at radius 3 is 2.62 bits per heavy atom. The molecule has 0 aromatic heterocycles. The van der Waals surface area contributed by atoms with Crippen molar-refractivity contribution in [2.24, 2.45) is 5.41 Å². The molecule has 0 radical (unpaired) electrons.